The largest absolute Gasteiger partial charge is 3.00 e. The van der Waals surface area contributed by atoms with Crippen LogP contribution >= 0.6 is 0 Å². The zero-order chi connectivity index (χ0) is 7.71. The van der Waals surface area contributed by atoms with Crippen molar-refractivity contribution in [3.05, 3.63) is 0 Å². The second-order valence-corrected chi connectivity index (χ2v) is 4.41. The van der Waals surface area contributed by atoms with Gasteiger partial charge in [0.15, 0.2) is 0 Å². The molecular formula is CH2AlO6S2+. The molecule has 0 aromatic carbocycles. The number of hydrogen-bond acceptors (Lipinski definition) is 6. The minimum atomic E-state index is -4.93. The van der Waals surface area contributed by atoms with Gasteiger partial charge in [-0.3, -0.25) is 0 Å². The van der Waals surface area contributed by atoms with Gasteiger partial charge in [0, 0.05) is 0 Å². The molecule has 0 saturated carbocycles. The third kappa shape index (κ3) is 11.2. The molecule has 0 heterocycles. The van der Waals surface area contributed by atoms with Crippen molar-refractivity contribution in [3.8, 4) is 0 Å². The summed E-state index contributed by atoms with van der Waals surface area (Å²) in [6.07, 6.45) is 0. The summed E-state index contributed by atoms with van der Waals surface area (Å²) in [7, 11) is -9.86. The Bertz CT molecular complexity index is 241. The molecule has 9 heteroatoms. The molecule has 0 atom stereocenters. The average Bonchev–Trinajstić information content (AvgIpc) is 1.14. The van der Waals surface area contributed by atoms with Crippen molar-refractivity contribution in [1.82, 2.24) is 0 Å². The van der Waals surface area contributed by atoms with E-state index in [0.29, 0.717) is 0 Å². The number of rotatable bonds is 2. The van der Waals surface area contributed by atoms with Gasteiger partial charge < -0.3 is 9.11 Å². The van der Waals surface area contributed by atoms with Gasteiger partial charge in [-0.25, -0.2) is 16.8 Å². The molecule has 0 aliphatic carbocycles. The van der Waals surface area contributed by atoms with Crippen LogP contribution in [-0.2, 0) is 20.2 Å². The van der Waals surface area contributed by atoms with Crippen molar-refractivity contribution < 1.29 is 25.9 Å². The van der Waals surface area contributed by atoms with Crippen LogP contribution in [0.15, 0.2) is 0 Å². The van der Waals surface area contributed by atoms with E-state index in [1.807, 2.05) is 0 Å². The van der Waals surface area contributed by atoms with Gasteiger partial charge in [0.2, 0.25) is 0 Å². The summed E-state index contributed by atoms with van der Waals surface area (Å²) in [5.41, 5.74) is 0. The quantitative estimate of drug-likeness (QED) is 0.365. The van der Waals surface area contributed by atoms with E-state index in [-0.39, 0.29) is 17.4 Å². The molecule has 0 radical (unpaired) electrons. The topological polar surface area (TPSA) is 114 Å². The molecule has 0 aromatic rings. The molecule has 0 N–H and O–H groups in total. The maximum Gasteiger partial charge on any atom is 3.00 e. The molecule has 0 amide bonds. The van der Waals surface area contributed by atoms with Crippen LogP contribution in [0.2, 0.25) is 0 Å². The van der Waals surface area contributed by atoms with E-state index in [1.165, 1.54) is 0 Å². The monoisotopic (exact) mass is 201 g/mol. The van der Waals surface area contributed by atoms with Crippen molar-refractivity contribution in [2.24, 2.45) is 0 Å². The van der Waals surface area contributed by atoms with E-state index in [0.717, 1.165) is 0 Å². The molecule has 6 nitrogen and oxygen atoms in total. The van der Waals surface area contributed by atoms with Gasteiger partial charge >= 0.3 is 17.4 Å². The van der Waals surface area contributed by atoms with Gasteiger partial charge in [0.25, 0.3) is 0 Å². The van der Waals surface area contributed by atoms with Crippen LogP contribution in [0.4, 0.5) is 0 Å². The van der Waals surface area contributed by atoms with Crippen molar-refractivity contribution in [3.63, 3.8) is 0 Å². The fraction of sp³-hybridized carbons (Fsp3) is 1.00. The van der Waals surface area contributed by atoms with E-state index in [4.69, 9.17) is 0 Å². The van der Waals surface area contributed by atoms with Crippen molar-refractivity contribution in [1.29, 1.82) is 0 Å². The Hall–Kier alpha value is 0.352. The summed E-state index contributed by atoms with van der Waals surface area (Å²) < 4.78 is 57.1. The van der Waals surface area contributed by atoms with Gasteiger partial charge in [0.1, 0.15) is 25.3 Å². The summed E-state index contributed by atoms with van der Waals surface area (Å²) in [6, 6.07) is 0. The fourth-order valence-corrected chi connectivity index (χ4v) is 1.59. The van der Waals surface area contributed by atoms with Gasteiger partial charge in [-0.1, -0.05) is 0 Å². The van der Waals surface area contributed by atoms with E-state index >= 15 is 0 Å². The molecule has 0 aliphatic rings. The minimum Gasteiger partial charge on any atom is -0.747 e. The van der Waals surface area contributed by atoms with Crippen molar-refractivity contribution >= 4 is 37.6 Å². The van der Waals surface area contributed by atoms with Crippen LogP contribution in [0.5, 0.6) is 0 Å². The van der Waals surface area contributed by atoms with Crippen LogP contribution in [-0.4, -0.2) is 48.4 Å². The van der Waals surface area contributed by atoms with Crippen LogP contribution in [0, 0.1) is 0 Å². The second-order valence-electron chi connectivity index (χ2n) is 1.23. The zero-order valence-electron chi connectivity index (χ0n) is 4.55. The molecule has 0 aliphatic heterocycles. The van der Waals surface area contributed by atoms with E-state index in [1.54, 1.807) is 0 Å². The third-order valence-corrected chi connectivity index (χ3v) is 2.60. The van der Waals surface area contributed by atoms with E-state index < -0.39 is 25.3 Å². The predicted octanol–water partition coefficient (Wildman–Crippen LogP) is -2.35. The zero-order valence-corrected chi connectivity index (χ0v) is 7.34. The fourth-order valence-electron chi connectivity index (χ4n) is 0.177. The van der Waals surface area contributed by atoms with Crippen LogP contribution < -0.4 is 0 Å². The maximum absolute atomic E-state index is 9.51. The smallest absolute Gasteiger partial charge is 0.747 e. The van der Waals surface area contributed by atoms with Gasteiger partial charge in [-0.15, -0.1) is 0 Å². The van der Waals surface area contributed by atoms with Gasteiger partial charge in [-0.2, -0.15) is 0 Å². The Labute approximate surface area is 68.9 Å². The molecule has 0 fully saturated rings. The molecule has 0 rings (SSSR count). The molecule has 10 heavy (non-hydrogen) atoms. The predicted molar refractivity (Wildman–Crippen MR) is 30.0 cm³/mol. The normalized spacial score (nSPS) is 12.2. The average molecular weight is 201 g/mol. The molecule has 56 valence electrons. The summed E-state index contributed by atoms with van der Waals surface area (Å²) >= 11 is 0. The molecule has 0 saturated heterocycles. The summed E-state index contributed by atoms with van der Waals surface area (Å²) in [4.78, 5) is 0. The van der Waals surface area contributed by atoms with Gasteiger partial charge in [0.05, 0.1) is 0 Å². The van der Waals surface area contributed by atoms with Crippen LogP contribution in [0.3, 0.4) is 0 Å². The second kappa shape index (κ2) is 3.66. The summed E-state index contributed by atoms with van der Waals surface area (Å²) in [5.74, 6) is 0. The van der Waals surface area contributed by atoms with Gasteiger partial charge in [-0.05, 0) is 0 Å². The van der Waals surface area contributed by atoms with E-state index in [9.17, 15) is 25.9 Å². The van der Waals surface area contributed by atoms with Crippen LogP contribution in [0.25, 0.3) is 0 Å². The Morgan fingerprint density at radius 3 is 1.10 bits per heavy atom. The molecular weight excluding hydrogens is 199 g/mol. The molecule has 0 aromatic heterocycles. The van der Waals surface area contributed by atoms with Crippen molar-refractivity contribution in [2.75, 3.05) is 5.08 Å². The Kier molecular flexibility index (Phi) is 4.75. The first-order valence-corrected chi connectivity index (χ1v) is 4.73. The Balaban J connectivity index is 0. The first kappa shape index (κ1) is 13.0. The minimum absolute atomic E-state index is 0. The first-order chi connectivity index (χ1) is 3.71. The summed E-state index contributed by atoms with van der Waals surface area (Å²) in [5, 5.41) is -1.88. The maximum atomic E-state index is 9.51. The SMILES string of the molecule is O=S(=O)([O-])CS(=O)(=O)[O-].[Al+3]. The third-order valence-electron chi connectivity index (χ3n) is 0.289. The Morgan fingerprint density at radius 1 is 0.900 bits per heavy atom. The molecule has 0 bridgehead atoms. The summed E-state index contributed by atoms with van der Waals surface area (Å²) in [6.45, 7) is 0. The van der Waals surface area contributed by atoms with Crippen molar-refractivity contribution in [2.45, 2.75) is 0 Å². The Morgan fingerprint density at radius 2 is 1.10 bits per heavy atom. The standard InChI is InChI=1S/CH4O6S2.Al/c2-8(3,4)1-9(5,6)7;/h1H2,(H,2,3,4)(H,5,6,7);/q;+3/p-2. The van der Waals surface area contributed by atoms with E-state index in [2.05, 4.69) is 0 Å². The molecule has 0 spiro atoms. The molecule has 0 unspecified atom stereocenters. The first-order valence-electron chi connectivity index (χ1n) is 1.58. The van der Waals surface area contributed by atoms with Crippen LogP contribution in [0.1, 0.15) is 0 Å². The number of hydrogen-bond donors (Lipinski definition) is 0.